The van der Waals surface area contributed by atoms with Gasteiger partial charge in [0.05, 0.1) is 10.4 Å². The normalized spacial score (nSPS) is 12.4. The fraction of sp³-hybridized carbons (Fsp3) is 0.286. The van der Waals surface area contributed by atoms with Gasteiger partial charge in [0.15, 0.2) is 0 Å². The zero-order chi connectivity index (χ0) is 13.0. The molecule has 1 aromatic carbocycles. The van der Waals surface area contributed by atoms with Gasteiger partial charge in [-0.25, -0.2) is 0 Å². The van der Waals surface area contributed by atoms with E-state index in [-0.39, 0.29) is 0 Å². The lowest BCUT2D eigenvalue weighted by molar-refractivity contribution is 0.220. The lowest BCUT2D eigenvalue weighted by atomic mass is 10.0. The first kappa shape index (κ1) is 13.6. The van der Waals surface area contributed by atoms with Gasteiger partial charge < -0.3 is 9.84 Å². The fourth-order valence-electron chi connectivity index (χ4n) is 1.63. The molecule has 0 fully saturated rings. The quantitative estimate of drug-likeness (QED) is 0.883. The topological polar surface area (TPSA) is 29.5 Å². The second-order valence-electron chi connectivity index (χ2n) is 4.00. The Balaban J connectivity index is 2.09. The molecule has 1 unspecified atom stereocenters. The highest BCUT2D eigenvalue weighted by Crippen LogP contribution is 2.29. The lowest BCUT2D eigenvalue weighted by Gasteiger charge is -2.10. The van der Waals surface area contributed by atoms with Gasteiger partial charge in [0.1, 0.15) is 11.9 Å². The highest BCUT2D eigenvalue weighted by atomic mass is 79.9. The minimum atomic E-state index is -0.576. The van der Waals surface area contributed by atoms with E-state index in [0.29, 0.717) is 0 Å². The molecule has 18 heavy (non-hydrogen) atoms. The first-order valence-electron chi connectivity index (χ1n) is 5.85. The average Bonchev–Trinajstić information content (AvgIpc) is 2.83. The first-order chi connectivity index (χ1) is 8.70. The van der Waals surface area contributed by atoms with E-state index < -0.39 is 6.10 Å². The van der Waals surface area contributed by atoms with Crippen LogP contribution in [-0.4, -0.2) is 11.7 Å². The number of ether oxygens (including phenoxy) is 1. The summed E-state index contributed by atoms with van der Waals surface area (Å²) in [4.78, 5) is 0. The summed E-state index contributed by atoms with van der Waals surface area (Å²) in [5.74, 6) is 0.847. The molecule has 0 saturated carbocycles. The van der Waals surface area contributed by atoms with Gasteiger partial charge in [-0.15, -0.1) is 11.3 Å². The van der Waals surface area contributed by atoms with Crippen molar-refractivity contribution in [3.8, 4) is 5.75 Å². The number of thiophene rings is 1. The van der Waals surface area contributed by atoms with Crippen LogP contribution in [0.25, 0.3) is 0 Å². The van der Waals surface area contributed by atoms with Crippen LogP contribution in [0.15, 0.2) is 39.5 Å². The van der Waals surface area contributed by atoms with Gasteiger partial charge in [-0.2, -0.15) is 0 Å². The van der Waals surface area contributed by atoms with Crippen molar-refractivity contribution in [1.82, 2.24) is 0 Å². The molecule has 0 bridgehead atoms. The van der Waals surface area contributed by atoms with E-state index in [9.17, 15) is 5.11 Å². The molecule has 1 heterocycles. The van der Waals surface area contributed by atoms with Crippen molar-refractivity contribution in [2.45, 2.75) is 19.4 Å². The first-order valence-corrected chi connectivity index (χ1v) is 7.52. The Labute approximate surface area is 119 Å². The number of halogens is 1. The molecule has 0 amide bonds. The molecule has 0 aliphatic heterocycles. The molecule has 0 aliphatic carbocycles. The smallest absolute Gasteiger partial charge is 0.119 e. The Morgan fingerprint density at radius 3 is 2.56 bits per heavy atom. The van der Waals surface area contributed by atoms with Crippen LogP contribution in [0.5, 0.6) is 5.75 Å². The Hall–Kier alpha value is -0.840. The monoisotopic (exact) mass is 326 g/mol. The minimum absolute atomic E-state index is 0.576. The van der Waals surface area contributed by atoms with Crippen LogP contribution in [-0.2, 0) is 0 Å². The van der Waals surface area contributed by atoms with Crippen molar-refractivity contribution < 1.29 is 9.84 Å². The maximum atomic E-state index is 10.2. The summed E-state index contributed by atoms with van der Waals surface area (Å²) in [6, 6.07) is 9.55. The third-order valence-electron chi connectivity index (χ3n) is 2.57. The molecule has 96 valence electrons. The minimum Gasteiger partial charge on any atom is -0.494 e. The summed E-state index contributed by atoms with van der Waals surface area (Å²) in [6.45, 7) is 2.80. The molecule has 2 aromatic rings. The van der Waals surface area contributed by atoms with Crippen LogP contribution in [0.2, 0.25) is 0 Å². The van der Waals surface area contributed by atoms with Gasteiger partial charge in [-0.05, 0) is 57.1 Å². The van der Waals surface area contributed by atoms with E-state index >= 15 is 0 Å². The lowest BCUT2D eigenvalue weighted by Crippen LogP contribution is -1.99. The van der Waals surface area contributed by atoms with E-state index in [0.717, 1.165) is 33.7 Å². The molecule has 1 aromatic heterocycles. The third kappa shape index (κ3) is 3.34. The summed E-state index contributed by atoms with van der Waals surface area (Å²) in [6.07, 6.45) is 0.417. The predicted molar refractivity (Wildman–Crippen MR) is 78.3 cm³/mol. The number of benzene rings is 1. The van der Waals surface area contributed by atoms with Crippen molar-refractivity contribution >= 4 is 27.3 Å². The van der Waals surface area contributed by atoms with Crippen molar-refractivity contribution in [2.24, 2.45) is 0 Å². The average molecular weight is 327 g/mol. The van der Waals surface area contributed by atoms with Crippen molar-refractivity contribution in [3.63, 3.8) is 0 Å². The van der Waals surface area contributed by atoms with Crippen LogP contribution in [0.3, 0.4) is 0 Å². The van der Waals surface area contributed by atoms with E-state index in [2.05, 4.69) is 22.9 Å². The molecule has 2 nitrogen and oxygen atoms in total. The molecule has 1 N–H and O–H groups in total. The molecule has 2 rings (SSSR count). The number of hydrogen-bond acceptors (Lipinski definition) is 3. The Bertz CT molecular complexity index is 493. The molecule has 0 radical (unpaired) electrons. The van der Waals surface area contributed by atoms with E-state index in [1.54, 1.807) is 11.3 Å². The van der Waals surface area contributed by atoms with Crippen LogP contribution in [0.4, 0.5) is 0 Å². The standard InChI is InChI=1S/C14H15BrO2S/c1-2-7-17-12-5-3-10(4-6-12)14(16)11-8-13(15)18-9-11/h3-6,8-9,14,16H,2,7H2,1H3. The Morgan fingerprint density at radius 1 is 1.28 bits per heavy atom. The van der Waals surface area contributed by atoms with Crippen LogP contribution in [0, 0.1) is 0 Å². The summed E-state index contributed by atoms with van der Waals surface area (Å²) < 4.78 is 6.54. The predicted octanol–water partition coefficient (Wildman–Crippen LogP) is 4.38. The molecular weight excluding hydrogens is 312 g/mol. The Morgan fingerprint density at radius 2 is 2.00 bits per heavy atom. The van der Waals surface area contributed by atoms with Gasteiger partial charge in [0.2, 0.25) is 0 Å². The number of rotatable bonds is 5. The fourth-order valence-corrected chi connectivity index (χ4v) is 2.82. The molecule has 0 saturated heterocycles. The third-order valence-corrected chi connectivity index (χ3v) is 4.09. The molecule has 4 heteroatoms. The van der Waals surface area contributed by atoms with Gasteiger partial charge in [0, 0.05) is 0 Å². The van der Waals surface area contributed by atoms with Gasteiger partial charge in [0.25, 0.3) is 0 Å². The maximum Gasteiger partial charge on any atom is 0.119 e. The summed E-state index contributed by atoms with van der Waals surface area (Å²) in [5, 5.41) is 12.2. The zero-order valence-corrected chi connectivity index (χ0v) is 12.5. The van der Waals surface area contributed by atoms with Gasteiger partial charge in [-0.3, -0.25) is 0 Å². The molecule has 0 aliphatic rings. The van der Waals surface area contributed by atoms with E-state index in [1.165, 1.54) is 0 Å². The van der Waals surface area contributed by atoms with Crippen LogP contribution < -0.4 is 4.74 Å². The summed E-state index contributed by atoms with van der Waals surface area (Å²) in [7, 11) is 0. The number of aliphatic hydroxyl groups is 1. The maximum absolute atomic E-state index is 10.2. The van der Waals surface area contributed by atoms with E-state index in [1.807, 2.05) is 35.7 Å². The largest absolute Gasteiger partial charge is 0.494 e. The number of hydrogen-bond donors (Lipinski definition) is 1. The molecule has 0 spiro atoms. The van der Waals surface area contributed by atoms with Crippen molar-refractivity contribution in [3.05, 3.63) is 50.6 Å². The highest BCUT2D eigenvalue weighted by molar-refractivity contribution is 9.11. The SMILES string of the molecule is CCCOc1ccc(C(O)c2csc(Br)c2)cc1. The van der Waals surface area contributed by atoms with Crippen LogP contribution in [0.1, 0.15) is 30.6 Å². The number of aliphatic hydroxyl groups excluding tert-OH is 1. The van der Waals surface area contributed by atoms with Crippen molar-refractivity contribution in [2.75, 3.05) is 6.61 Å². The van der Waals surface area contributed by atoms with Gasteiger partial charge >= 0.3 is 0 Å². The molecule has 1 atom stereocenters. The summed E-state index contributed by atoms with van der Waals surface area (Å²) in [5.41, 5.74) is 1.79. The van der Waals surface area contributed by atoms with Crippen molar-refractivity contribution in [1.29, 1.82) is 0 Å². The second kappa shape index (κ2) is 6.36. The van der Waals surface area contributed by atoms with Gasteiger partial charge in [-0.1, -0.05) is 19.1 Å². The summed E-state index contributed by atoms with van der Waals surface area (Å²) >= 11 is 4.97. The molecular formula is C14H15BrO2S. The van der Waals surface area contributed by atoms with Crippen LogP contribution >= 0.6 is 27.3 Å². The zero-order valence-electron chi connectivity index (χ0n) is 10.1. The Kier molecular flexibility index (Phi) is 4.80. The second-order valence-corrected chi connectivity index (χ2v) is 6.29. The highest BCUT2D eigenvalue weighted by Gasteiger charge is 2.12. The van der Waals surface area contributed by atoms with E-state index in [4.69, 9.17) is 4.74 Å².